The van der Waals surface area contributed by atoms with E-state index >= 15 is 0 Å². The van der Waals surface area contributed by atoms with Crippen LogP contribution in [0, 0.1) is 10.1 Å². The third kappa shape index (κ3) is 4.65. The van der Waals surface area contributed by atoms with E-state index in [-0.39, 0.29) is 42.6 Å². The summed E-state index contributed by atoms with van der Waals surface area (Å²) in [7, 11) is -3.96. The van der Waals surface area contributed by atoms with E-state index in [2.05, 4.69) is 10.5 Å². The molecular weight excluding hydrogens is 408 g/mol. The van der Waals surface area contributed by atoms with Crippen LogP contribution >= 0.6 is 11.6 Å². The first-order valence-electron chi connectivity index (χ1n) is 8.29. The molecule has 0 radical (unpaired) electrons. The van der Waals surface area contributed by atoms with E-state index in [9.17, 15) is 18.5 Å². The first kappa shape index (κ1) is 20.2. The third-order valence-electron chi connectivity index (χ3n) is 4.01. The summed E-state index contributed by atoms with van der Waals surface area (Å²) in [6.45, 7) is 0.889. The van der Waals surface area contributed by atoms with E-state index in [1.165, 1.54) is 22.7 Å². The number of nitro benzene ring substituents is 1. The number of hydrogen-bond acceptors (Lipinski definition) is 7. The van der Waals surface area contributed by atoms with Crippen molar-refractivity contribution in [3.63, 3.8) is 0 Å². The highest BCUT2D eigenvalue weighted by Gasteiger charge is 2.30. The van der Waals surface area contributed by atoms with E-state index in [0.717, 1.165) is 6.07 Å². The number of morpholine rings is 1. The molecule has 1 aliphatic heterocycles. The Bertz CT molecular complexity index is 1010. The first-order valence-corrected chi connectivity index (χ1v) is 10.1. The fourth-order valence-electron chi connectivity index (χ4n) is 2.62. The van der Waals surface area contributed by atoms with Gasteiger partial charge in [0.05, 0.1) is 30.0 Å². The van der Waals surface area contributed by atoms with Gasteiger partial charge in [0.2, 0.25) is 10.0 Å². The molecule has 0 atom stereocenters. The number of hydrazone groups is 1. The van der Waals surface area contributed by atoms with Gasteiger partial charge < -0.3 is 4.74 Å². The normalized spacial score (nSPS) is 15.6. The SMILES string of the molecule is O=[N+]([O-])c1ccc(N/N=C/c2cccc(Cl)c2)c(S(=O)(=O)N2CCOCC2)c1. The topological polar surface area (TPSA) is 114 Å². The smallest absolute Gasteiger partial charge is 0.270 e. The molecule has 3 rings (SSSR count). The van der Waals surface area contributed by atoms with Crippen molar-refractivity contribution in [2.24, 2.45) is 5.10 Å². The number of nitrogens with one attached hydrogen (secondary N) is 1. The van der Waals surface area contributed by atoms with Crippen LogP contribution in [0.2, 0.25) is 5.02 Å². The average Bonchev–Trinajstić information content (AvgIpc) is 2.68. The highest BCUT2D eigenvalue weighted by atomic mass is 35.5. The molecule has 0 aliphatic carbocycles. The quantitative estimate of drug-likeness (QED) is 0.433. The average molecular weight is 425 g/mol. The molecular formula is C17H17ClN4O5S. The van der Waals surface area contributed by atoms with Gasteiger partial charge in [-0.1, -0.05) is 23.7 Å². The number of non-ortho nitro benzene ring substituents is 1. The van der Waals surface area contributed by atoms with Crippen molar-refractivity contribution in [3.8, 4) is 0 Å². The maximum absolute atomic E-state index is 13.0. The molecule has 0 saturated carbocycles. The number of halogens is 1. The molecule has 28 heavy (non-hydrogen) atoms. The van der Waals surface area contributed by atoms with Crippen molar-refractivity contribution in [1.82, 2.24) is 4.31 Å². The molecule has 0 aromatic heterocycles. The number of hydrogen-bond donors (Lipinski definition) is 1. The minimum absolute atomic E-state index is 0.135. The Labute approximate surface area is 166 Å². The molecule has 1 aliphatic rings. The maximum Gasteiger partial charge on any atom is 0.270 e. The van der Waals surface area contributed by atoms with Crippen molar-refractivity contribution in [3.05, 3.63) is 63.2 Å². The predicted molar refractivity (Wildman–Crippen MR) is 105 cm³/mol. The zero-order valence-corrected chi connectivity index (χ0v) is 16.2. The summed E-state index contributed by atoms with van der Waals surface area (Å²) >= 11 is 5.92. The highest BCUT2D eigenvalue weighted by Crippen LogP contribution is 2.29. The monoisotopic (exact) mass is 424 g/mol. The second-order valence-corrected chi connectivity index (χ2v) is 8.22. The molecule has 1 N–H and O–H groups in total. The Morgan fingerprint density at radius 2 is 1.96 bits per heavy atom. The van der Waals surface area contributed by atoms with Crippen molar-refractivity contribution >= 4 is 39.2 Å². The molecule has 1 heterocycles. The van der Waals surface area contributed by atoms with Crippen molar-refractivity contribution in [2.45, 2.75) is 4.90 Å². The summed E-state index contributed by atoms with van der Waals surface area (Å²) in [6.07, 6.45) is 1.47. The van der Waals surface area contributed by atoms with Crippen LogP contribution in [0.3, 0.4) is 0 Å². The zero-order valence-electron chi connectivity index (χ0n) is 14.6. The van der Waals surface area contributed by atoms with Crippen LogP contribution in [-0.4, -0.2) is 50.2 Å². The van der Waals surface area contributed by atoms with Crippen LogP contribution in [-0.2, 0) is 14.8 Å². The number of ether oxygens (including phenoxy) is 1. The lowest BCUT2D eigenvalue weighted by atomic mass is 10.2. The number of benzene rings is 2. The van der Waals surface area contributed by atoms with Gasteiger partial charge in [-0.25, -0.2) is 8.42 Å². The van der Waals surface area contributed by atoms with E-state index < -0.39 is 14.9 Å². The zero-order chi connectivity index (χ0) is 20.1. The summed E-state index contributed by atoms with van der Waals surface area (Å²) < 4.78 is 32.4. The van der Waals surface area contributed by atoms with Gasteiger partial charge in [0.25, 0.3) is 5.69 Å². The fraction of sp³-hybridized carbons (Fsp3) is 0.235. The molecule has 0 bridgehead atoms. The van der Waals surface area contributed by atoms with E-state index in [4.69, 9.17) is 16.3 Å². The van der Waals surface area contributed by atoms with Crippen LogP contribution in [0.25, 0.3) is 0 Å². The number of anilines is 1. The Morgan fingerprint density at radius 1 is 1.21 bits per heavy atom. The lowest BCUT2D eigenvalue weighted by molar-refractivity contribution is -0.385. The fourth-order valence-corrected chi connectivity index (χ4v) is 4.39. The first-order chi connectivity index (χ1) is 13.4. The Morgan fingerprint density at radius 3 is 2.64 bits per heavy atom. The highest BCUT2D eigenvalue weighted by molar-refractivity contribution is 7.89. The number of rotatable bonds is 6. The predicted octanol–water partition coefficient (Wildman–Crippen LogP) is 2.72. The lowest BCUT2D eigenvalue weighted by Gasteiger charge is -2.26. The molecule has 0 unspecified atom stereocenters. The minimum atomic E-state index is -3.96. The largest absolute Gasteiger partial charge is 0.379 e. The second kappa shape index (κ2) is 8.65. The van der Waals surface area contributed by atoms with Crippen molar-refractivity contribution < 1.29 is 18.1 Å². The minimum Gasteiger partial charge on any atom is -0.379 e. The van der Waals surface area contributed by atoms with Crippen molar-refractivity contribution in [1.29, 1.82) is 0 Å². The van der Waals surface area contributed by atoms with E-state index in [0.29, 0.717) is 10.6 Å². The van der Waals surface area contributed by atoms with Crippen LogP contribution in [0.15, 0.2) is 52.5 Å². The van der Waals surface area contributed by atoms with Gasteiger partial charge in [0.15, 0.2) is 0 Å². The standard InChI is InChI=1S/C17H17ClN4O5S/c18-14-3-1-2-13(10-14)12-19-20-16-5-4-15(22(23)24)11-17(16)28(25,26)21-6-8-27-9-7-21/h1-5,10-12,20H,6-9H2/b19-12+. The van der Waals surface area contributed by atoms with Gasteiger partial charge in [-0.2, -0.15) is 9.41 Å². The summed E-state index contributed by atoms with van der Waals surface area (Å²) in [5.74, 6) is 0. The second-order valence-electron chi connectivity index (χ2n) is 5.88. The number of nitro groups is 1. The Balaban J connectivity index is 1.93. The third-order valence-corrected chi connectivity index (χ3v) is 6.18. The van der Waals surface area contributed by atoms with Gasteiger partial charge in [0, 0.05) is 30.2 Å². The molecule has 148 valence electrons. The molecule has 0 amide bonds. The molecule has 2 aromatic rings. The van der Waals surface area contributed by atoms with E-state index in [1.807, 2.05) is 0 Å². The molecule has 2 aromatic carbocycles. The summed E-state index contributed by atoms with van der Waals surface area (Å²) in [5, 5.41) is 15.7. The summed E-state index contributed by atoms with van der Waals surface area (Å²) in [5.41, 5.74) is 3.18. The lowest BCUT2D eigenvalue weighted by Crippen LogP contribution is -2.40. The van der Waals surface area contributed by atoms with Gasteiger partial charge in [-0.05, 0) is 23.8 Å². The van der Waals surface area contributed by atoms with E-state index in [1.54, 1.807) is 24.3 Å². The van der Waals surface area contributed by atoms with Gasteiger partial charge in [-0.3, -0.25) is 15.5 Å². The summed E-state index contributed by atoms with van der Waals surface area (Å²) in [6, 6.07) is 10.5. The van der Waals surface area contributed by atoms with Gasteiger partial charge in [0.1, 0.15) is 4.90 Å². The Hall–Kier alpha value is -2.53. The van der Waals surface area contributed by atoms with Crippen molar-refractivity contribution in [2.75, 3.05) is 31.7 Å². The molecule has 9 nitrogen and oxygen atoms in total. The molecule has 1 fully saturated rings. The van der Waals surface area contributed by atoms with Crippen LogP contribution in [0.5, 0.6) is 0 Å². The van der Waals surface area contributed by atoms with Crippen LogP contribution < -0.4 is 5.43 Å². The Kier molecular flexibility index (Phi) is 6.25. The molecule has 0 spiro atoms. The number of nitrogens with zero attached hydrogens (tertiary/aromatic N) is 3. The maximum atomic E-state index is 13.0. The van der Waals surface area contributed by atoms with Crippen LogP contribution in [0.4, 0.5) is 11.4 Å². The van der Waals surface area contributed by atoms with Gasteiger partial charge >= 0.3 is 0 Å². The molecule has 1 saturated heterocycles. The summed E-state index contributed by atoms with van der Waals surface area (Å²) in [4.78, 5) is 10.3. The van der Waals surface area contributed by atoms with Gasteiger partial charge in [-0.15, -0.1) is 0 Å². The van der Waals surface area contributed by atoms with Crippen LogP contribution in [0.1, 0.15) is 5.56 Å². The molecule has 11 heteroatoms. The number of sulfonamides is 1.